The van der Waals surface area contributed by atoms with E-state index in [-0.39, 0.29) is 0 Å². The van der Waals surface area contributed by atoms with Gasteiger partial charge in [0.1, 0.15) is 12.1 Å². The fourth-order valence-electron chi connectivity index (χ4n) is 2.51. The third-order valence-corrected chi connectivity index (χ3v) is 3.86. The molecular weight excluding hydrogens is 294 g/mol. The Labute approximate surface area is 132 Å². The van der Waals surface area contributed by atoms with E-state index in [9.17, 15) is 0 Å². The molecule has 1 aromatic heterocycles. The maximum atomic E-state index is 5.92. The zero-order valence-electron chi connectivity index (χ0n) is 11.6. The molecule has 0 atom stereocenters. The van der Waals surface area contributed by atoms with E-state index < -0.39 is 0 Å². The number of halogens is 1. The minimum atomic E-state index is 0.712. The summed E-state index contributed by atoms with van der Waals surface area (Å²) in [6.07, 6.45) is 1.58. The minimum Gasteiger partial charge on any atom is -0.340 e. The first kappa shape index (κ1) is 13.0. The fourth-order valence-corrected chi connectivity index (χ4v) is 2.64. The molecule has 1 N–H and O–H groups in total. The van der Waals surface area contributed by atoms with Gasteiger partial charge < -0.3 is 5.32 Å². The molecule has 4 aromatic rings. The van der Waals surface area contributed by atoms with Crippen LogP contribution in [0.3, 0.4) is 0 Å². The maximum Gasteiger partial charge on any atom is 0.141 e. The van der Waals surface area contributed by atoms with Crippen LogP contribution in [0, 0.1) is 0 Å². The third-order valence-electron chi connectivity index (χ3n) is 3.61. The molecule has 0 aliphatic carbocycles. The van der Waals surface area contributed by atoms with Crippen molar-refractivity contribution >= 4 is 44.8 Å². The number of rotatable bonds is 2. The van der Waals surface area contributed by atoms with Crippen LogP contribution >= 0.6 is 11.6 Å². The Hall–Kier alpha value is -2.65. The van der Waals surface area contributed by atoms with Crippen LogP contribution < -0.4 is 5.32 Å². The topological polar surface area (TPSA) is 37.8 Å². The lowest BCUT2D eigenvalue weighted by atomic mass is 10.1. The molecule has 0 aliphatic heterocycles. The maximum absolute atomic E-state index is 5.92. The van der Waals surface area contributed by atoms with Crippen molar-refractivity contribution in [1.82, 2.24) is 9.97 Å². The monoisotopic (exact) mass is 305 g/mol. The van der Waals surface area contributed by atoms with Gasteiger partial charge in [-0.25, -0.2) is 9.97 Å². The van der Waals surface area contributed by atoms with Gasteiger partial charge in [0.2, 0.25) is 0 Å². The van der Waals surface area contributed by atoms with Gasteiger partial charge in [0.15, 0.2) is 0 Å². The van der Waals surface area contributed by atoms with Crippen LogP contribution in [-0.4, -0.2) is 9.97 Å². The highest BCUT2D eigenvalue weighted by Gasteiger charge is 2.06. The first-order chi connectivity index (χ1) is 10.8. The van der Waals surface area contributed by atoms with Gasteiger partial charge in [-0.15, -0.1) is 0 Å². The van der Waals surface area contributed by atoms with Crippen LogP contribution in [0.4, 0.5) is 11.5 Å². The van der Waals surface area contributed by atoms with Gasteiger partial charge in [-0.05, 0) is 47.2 Å². The first-order valence-corrected chi connectivity index (χ1v) is 7.33. The molecule has 0 aliphatic rings. The molecule has 22 heavy (non-hydrogen) atoms. The second-order valence-corrected chi connectivity index (χ2v) is 5.51. The van der Waals surface area contributed by atoms with Crippen LogP contribution in [-0.2, 0) is 0 Å². The number of hydrogen-bond acceptors (Lipinski definition) is 3. The lowest BCUT2D eigenvalue weighted by molar-refractivity contribution is 1.22. The first-order valence-electron chi connectivity index (χ1n) is 6.96. The van der Waals surface area contributed by atoms with E-state index in [1.165, 1.54) is 10.8 Å². The second kappa shape index (κ2) is 5.28. The summed E-state index contributed by atoms with van der Waals surface area (Å²) in [7, 11) is 0. The molecule has 1 heterocycles. The summed E-state index contributed by atoms with van der Waals surface area (Å²) in [4.78, 5) is 8.75. The number of fused-ring (bicyclic) bond motifs is 2. The second-order valence-electron chi connectivity index (χ2n) is 5.07. The van der Waals surface area contributed by atoms with Gasteiger partial charge in [0.05, 0.1) is 5.52 Å². The minimum absolute atomic E-state index is 0.712. The van der Waals surface area contributed by atoms with Crippen molar-refractivity contribution in [2.24, 2.45) is 0 Å². The number of nitrogens with one attached hydrogen (secondary N) is 1. The van der Waals surface area contributed by atoms with E-state index in [1.807, 2.05) is 36.4 Å². The molecule has 0 amide bonds. The molecule has 0 saturated carbocycles. The Morgan fingerprint density at radius 3 is 2.32 bits per heavy atom. The fraction of sp³-hybridized carbons (Fsp3) is 0. The van der Waals surface area contributed by atoms with Crippen molar-refractivity contribution in [1.29, 1.82) is 0 Å². The van der Waals surface area contributed by atoms with Gasteiger partial charge >= 0.3 is 0 Å². The number of anilines is 2. The Balaban J connectivity index is 1.86. The molecular formula is C18H12ClN3. The van der Waals surface area contributed by atoms with Crippen molar-refractivity contribution in [3.63, 3.8) is 0 Å². The van der Waals surface area contributed by atoms with E-state index in [0.717, 1.165) is 22.4 Å². The van der Waals surface area contributed by atoms with Crippen LogP contribution in [0.5, 0.6) is 0 Å². The van der Waals surface area contributed by atoms with Crippen LogP contribution in [0.2, 0.25) is 5.02 Å². The van der Waals surface area contributed by atoms with Crippen molar-refractivity contribution < 1.29 is 0 Å². The van der Waals surface area contributed by atoms with Crippen LogP contribution in [0.1, 0.15) is 0 Å². The quantitative estimate of drug-likeness (QED) is 0.518. The van der Waals surface area contributed by atoms with Crippen molar-refractivity contribution in [3.05, 3.63) is 72.0 Å². The highest BCUT2D eigenvalue weighted by atomic mass is 35.5. The average Bonchev–Trinajstić information content (AvgIpc) is 2.55. The molecule has 3 aromatic carbocycles. The molecule has 0 unspecified atom stereocenters. The smallest absolute Gasteiger partial charge is 0.141 e. The van der Waals surface area contributed by atoms with Gasteiger partial charge in [0, 0.05) is 16.1 Å². The molecule has 0 radical (unpaired) electrons. The lowest BCUT2D eigenvalue weighted by Crippen LogP contribution is -1.96. The predicted molar refractivity (Wildman–Crippen MR) is 91.8 cm³/mol. The van der Waals surface area contributed by atoms with Crippen LogP contribution in [0.25, 0.3) is 21.7 Å². The van der Waals surface area contributed by atoms with Crippen LogP contribution in [0.15, 0.2) is 67.0 Å². The Bertz CT molecular complexity index is 965. The molecule has 0 spiro atoms. The summed E-state index contributed by atoms with van der Waals surface area (Å²) < 4.78 is 0. The molecule has 3 nitrogen and oxygen atoms in total. The molecule has 0 fully saturated rings. The van der Waals surface area contributed by atoms with Gasteiger partial charge in [-0.2, -0.15) is 0 Å². The van der Waals surface area contributed by atoms with Gasteiger partial charge in [0.25, 0.3) is 0 Å². The standard InChI is InChI=1S/C18H12ClN3/c19-14-5-7-15(8-6-14)22-18-16-9-12-3-1-2-4-13(12)10-17(16)20-11-21-18/h1-11H,(H,20,21,22). The number of aromatic nitrogens is 2. The summed E-state index contributed by atoms with van der Waals surface area (Å²) in [5.74, 6) is 0.790. The van der Waals surface area contributed by atoms with Crippen molar-refractivity contribution in [3.8, 4) is 0 Å². The molecule has 0 bridgehead atoms. The predicted octanol–water partition coefficient (Wildman–Crippen LogP) is 5.18. The largest absolute Gasteiger partial charge is 0.340 e. The van der Waals surface area contributed by atoms with E-state index in [1.54, 1.807) is 6.33 Å². The Morgan fingerprint density at radius 1 is 0.818 bits per heavy atom. The third kappa shape index (κ3) is 2.36. The zero-order chi connectivity index (χ0) is 14.9. The number of hydrogen-bond donors (Lipinski definition) is 1. The van der Waals surface area contributed by atoms with E-state index in [2.05, 4.69) is 39.6 Å². The summed E-state index contributed by atoms with van der Waals surface area (Å²) in [6, 6.07) is 20.0. The van der Waals surface area contributed by atoms with Crippen molar-refractivity contribution in [2.45, 2.75) is 0 Å². The molecule has 4 rings (SSSR count). The van der Waals surface area contributed by atoms with Crippen molar-refractivity contribution in [2.75, 3.05) is 5.32 Å². The zero-order valence-corrected chi connectivity index (χ0v) is 12.4. The summed E-state index contributed by atoms with van der Waals surface area (Å²) in [5.41, 5.74) is 1.86. The van der Waals surface area contributed by atoms with Gasteiger partial charge in [-0.1, -0.05) is 35.9 Å². The highest BCUT2D eigenvalue weighted by Crippen LogP contribution is 2.27. The molecule has 0 saturated heterocycles. The highest BCUT2D eigenvalue weighted by molar-refractivity contribution is 6.30. The lowest BCUT2D eigenvalue weighted by Gasteiger charge is -2.09. The van der Waals surface area contributed by atoms with E-state index >= 15 is 0 Å². The number of benzene rings is 3. The summed E-state index contributed by atoms with van der Waals surface area (Å²) >= 11 is 5.92. The Morgan fingerprint density at radius 2 is 1.55 bits per heavy atom. The average molecular weight is 306 g/mol. The Kier molecular flexibility index (Phi) is 3.13. The van der Waals surface area contributed by atoms with Gasteiger partial charge in [-0.3, -0.25) is 0 Å². The summed E-state index contributed by atoms with van der Waals surface area (Å²) in [6.45, 7) is 0. The summed E-state index contributed by atoms with van der Waals surface area (Å²) in [5, 5.41) is 7.38. The van der Waals surface area contributed by atoms with E-state index in [4.69, 9.17) is 11.6 Å². The molecule has 4 heteroatoms. The number of nitrogens with zero attached hydrogens (tertiary/aromatic N) is 2. The normalized spacial score (nSPS) is 11.0. The van der Waals surface area contributed by atoms with E-state index in [0.29, 0.717) is 5.02 Å². The SMILES string of the molecule is Clc1ccc(Nc2ncnc3cc4ccccc4cc23)cc1. The molecule has 106 valence electrons.